The van der Waals surface area contributed by atoms with Crippen LogP contribution in [0.4, 0.5) is 0 Å². The van der Waals surface area contributed by atoms with Crippen LogP contribution in [0.25, 0.3) is 0 Å². The molecule has 0 aliphatic carbocycles. The molecule has 0 atom stereocenters. The Hall–Kier alpha value is -0.870. The second kappa shape index (κ2) is 6.90. The lowest BCUT2D eigenvalue weighted by Gasteiger charge is -2.03. The maximum Gasteiger partial charge on any atom is 0.187 e. The van der Waals surface area contributed by atoms with Gasteiger partial charge in [-0.15, -0.1) is 0 Å². The minimum atomic E-state index is 0.857. The molecular weight excluding hydrogens is 308 g/mol. The number of aromatic nitrogens is 2. The van der Waals surface area contributed by atoms with Crippen LogP contribution in [0.5, 0.6) is 0 Å². The zero-order chi connectivity index (χ0) is 12.8. The number of rotatable bonds is 5. The van der Waals surface area contributed by atoms with E-state index in [2.05, 4.69) is 57.1 Å². The van der Waals surface area contributed by atoms with Crippen molar-refractivity contribution in [2.45, 2.75) is 24.9 Å². The molecule has 0 aliphatic heterocycles. The Labute approximate surface area is 120 Å². The lowest BCUT2D eigenvalue weighted by molar-refractivity contribution is 0.900. The van der Waals surface area contributed by atoms with E-state index < -0.39 is 0 Å². The van der Waals surface area contributed by atoms with Crippen LogP contribution in [-0.2, 0) is 6.42 Å². The fourth-order valence-electron chi connectivity index (χ4n) is 1.55. The Morgan fingerprint density at radius 3 is 2.67 bits per heavy atom. The van der Waals surface area contributed by atoms with Gasteiger partial charge in [0.2, 0.25) is 0 Å². The average molecular weight is 323 g/mol. The van der Waals surface area contributed by atoms with Crippen molar-refractivity contribution in [3.63, 3.8) is 0 Å². The summed E-state index contributed by atoms with van der Waals surface area (Å²) in [6.45, 7) is 2.17. The molecule has 0 aliphatic rings. The van der Waals surface area contributed by atoms with Crippen LogP contribution in [0.2, 0.25) is 0 Å². The molecule has 0 bridgehead atoms. The Balaban J connectivity index is 2.06. The Morgan fingerprint density at radius 1 is 1.17 bits per heavy atom. The summed E-state index contributed by atoms with van der Waals surface area (Å²) in [5.74, 6) is 1.07. The lowest BCUT2D eigenvalue weighted by Crippen LogP contribution is -1.95. The van der Waals surface area contributed by atoms with E-state index in [0.717, 1.165) is 33.9 Å². The fourth-order valence-corrected chi connectivity index (χ4v) is 2.52. The minimum Gasteiger partial charge on any atom is -0.231 e. The highest BCUT2D eigenvalue weighted by atomic mass is 79.9. The van der Waals surface area contributed by atoms with Gasteiger partial charge in [-0.05, 0) is 30.2 Å². The summed E-state index contributed by atoms with van der Waals surface area (Å²) in [7, 11) is 0. The second-order valence-electron chi connectivity index (χ2n) is 3.98. The zero-order valence-electron chi connectivity index (χ0n) is 10.3. The van der Waals surface area contributed by atoms with Crippen molar-refractivity contribution in [3.8, 4) is 0 Å². The molecule has 0 saturated heterocycles. The van der Waals surface area contributed by atoms with E-state index >= 15 is 0 Å². The molecule has 0 radical (unpaired) electrons. The monoisotopic (exact) mass is 322 g/mol. The largest absolute Gasteiger partial charge is 0.231 e. The van der Waals surface area contributed by atoms with Crippen molar-refractivity contribution < 1.29 is 0 Å². The first-order valence-corrected chi connectivity index (χ1v) is 7.75. The predicted molar refractivity (Wildman–Crippen MR) is 80.0 cm³/mol. The van der Waals surface area contributed by atoms with Crippen molar-refractivity contribution in [3.05, 3.63) is 52.3 Å². The van der Waals surface area contributed by atoms with Crippen molar-refractivity contribution in [2.75, 3.05) is 5.75 Å². The number of hydrogen-bond donors (Lipinski definition) is 0. The van der Waals surface area contributed by atoms with E-state index in [0.29, 0.717) is 0 Å². The number of halogens is 1. The summed E-state index contributed by atoms with van der Waals surface area (Å²) in [6, 6.07) is 10.3. The third-order valence-corrected chi connectivity index (χ3v) is 4.02. The van der Waals surface area contributed by atoms with Gasteiger partial charge in [0.1, 0.15) is 0 Å². The highest BCUT2D eigenvalue weighted by Gasteiger charge is 2.01. The SMILES string of the molecule is CCCSc1nccc(Cc2ccc(Br)cc2)n1. The van der Waals surface area contributed by atoms with Gasteiger partial charge in [0.25, 0.3) is 0 Å². The van der Waals surface area contributed by atoms with Crippen LogP contribution in [0.3, 0.4) is 0 Å². The number of benzene rings is 1. The summed E-state index contributed by atoms with van der Waals surface area (Å²) < 4.78 is 1.10. The normalized spacial score (nSPS) is 10.6. The third kappa shape index (κ3) is 4.10. The molecule has 0 saturated carbocycles. The first kappa shape index (κ1) is 13.6. The molecule has 0 unspecified atom stereocenters. The van der Waals surface area contributed by atoms with Gasteiger partial charge in [-0.2, -0.15) is 0 Å². The van der Waals surface area contributed by atoms with E-state index in [4.69, 9.17) is 0 Å². The number of nitrogens with zero attached hydrogens (tertiary/aromatic N) is 2. The fraction of sp³-hybridized carbons (Fsp3) is 0.286. The van der Waals surface area contributed by atoms with Gasteiger partial charge >= 0.3 is 0 Å². The van der Waals surface area contributed by atoms with Crippen LogP contribution >= 0.6 is 27.7 Å². The molecule has 2 rings (SSSR count). The van der Waals surface area contributed by atoms with Crippen molar-refractivity contribution in [1.29, 1.82) is 0 Å². The summed E-state index contributed by atoms with van der Waals surface area (Å²) in [4.78, 5) is 8.85. The molecule has 0 spiro atoms. The highest BCUT2D eigenvalue weighted by Crippen LogP contribution is 2.16. The molecule has 1 heterocycles. The van der Waals surface area contributed by atoms with Crippen LogP contribution < -0.4 is 0 Å². The first-order valence-electron chi connectivity index (χ1n) is 5.97. The van der Waals surface area contributed by atoms with Gasteiger partial charge in [-0.25, -0.2) is 9.97 Å². The van der Waals surface area contributed by atoms with E-state index in [1.807, 2.05) is 12.3 Å². The molecule has 0 fully saturated rings. The Morgan fingerprint density at radius 2 is 1.94 bits per heavy atom. The average Bonchev–Trinajstić information content (AvgIpc) is 2.40. The van der Waals surface area contributed by atoms with Crippen molar-refractivity contribution >= 4 is 27.7 Å². The van der Waals surface area contributed by atoms with Gasteiger partial charge in [-0.3, -0.25) is 0 Å². The predicted octanol–water partition coefficient (Wildman–Crippen LogP) is 4.33. The summed E-state index contributed by atoms with van der Waals surface area (Å²) in [6.07, 6.45) is 3.85. The van der Waals surface area contributed by atoms with E-state index in [1.54, 1.807) is 11.8 Å². The maximum atomic E-state index is 4.57. The zero-order valence-corrected chi connectivity index (χ0v) is 12.7. The molecule has 18 heavy (non-hydrogen) atoms. The highest BCUT2D eigenvalue weighted by molar-refractivity contribution is 9.10. The maximum absolute atomic E-state index is 4.57. The van der Waals surface area contributed by atoms with E-state index in [-0.39, 0.29) is 0 Å². The topological polar surface area (TPSA) is 25.8 Å². The van der Waals surface area contributed by atoms with Gasteiger partial charge in [-0.1, -0.05) is 46.7 Å². The standard InChI is InChI=1S/C14H15BrN2S/c1-2-9-18-14-16-8-7-13(17-14)10-11-3-5-12(15)6-4-11/h3-8H,2,9-10H2,1H3. The lowest BCUT2D eigenvalue weighted by atomic mass is 10.1. The molecule has 1 aromatic heterocycles. The first-order chi connectivity index (χ1) is 8.78. The molecule has 4 heteroatoms. The van der Waals surface area contributed by atoms with Crippen LogP contribution in [0, 0.1) is 0 Å². The van der Waals surface area contributed by atoms with Crippen molar-refractivity contribution in [1.82, 2.24) is 9.97 Å². The van der Waals surface area contributed by atoms with Gasteiger partial charge in [0.15, 0.2) is 5.16 Å². The van der Waals surface area contributed by atoms with Crippen LogP contribution in [0.15, 0.2) is 46.2 Å². The van der Waals surface area contributed by atoms with E-state index in [1.165, 1.54) is 5.56 Å². The van der Waals surface area contributed by atoms with E-state index in [9.17, 15) is 0 Å². The number of hydrogen-bond acceptors (Lipinski definition) is 3. The van der Waals surface area contributed by atoms with Crippen LogP contribution in [0.1, 0.15) is 24.6 Å². The molecule has 94 valence electrons. The van der Waals surface area contributed by atoms with Gasteiger partial charge < -0.3 is 0 Å². The molecule has 2 aromatic rings. The smallest absolute Gasteiger partial charge is 0.187 e. The molecule has 0 amide bonds. The third-order valence-electron chi connectivity index (χ3n) is 2.42. The summed E-state index contributed by atoms with van der Waals surface area (Å²) >= 11 is 5.16. The van der Waals surface area contributed by atoms with Crippen molar-refractivity contribution in [2.24, 2.45) is 0 Å². The summed E-state index contributed by atoms with van der Waals surface area (Å²) in [5.41, 5.74) is 2.34. The molecular formula is C14H15BrN2S. The Kier molecular flexibility index (Phi) is 5.20. The molecule has 1 aromatic carbocycles. The summed E-state index contributed by atoms with van der Waals surface area (Å²) in [5, 5.41) is 0.881. The van der Waals surface area contributed by atoms with Gasteiger partial charge in [0.05, 0.1) is 0 Å². The second-order valence-corrected chi connectivity index (χ2v) is 5.96. The minimum absolute atomic E-state index is 0.857. The quantitative estimate of drug-likeness (QED) is 0.605. The Bertz CT molecular complexity index is 499. The molecule has 0 N–H and O–H groups in total. The van der Waals surface area contributed by atoms with Crippen LogP contribution in [-0.4, -0.2) is 15.7 Å². The number of thioether (sulfide) groups is 1. The van der Waals surface area contributed by atoms with Gasteiger partial charge in [0, 0.05) is 28.5 Å². The molecule has 2 nitrogen and oxygen atoms in total.